The van der Waals surface area contributed by atoms with Crippen LogP contribution < -0.4 is 14.8 Å². The summed E-state index contributed by atoms with van der Waals surface area (Å²) in [6, 6.07) is 6.40. The van der Waals surface area contributed by atoms with Gasteiger partial charge in [-0.2, -0.15) is 11.8 Å². The van der Waals surface area contributed by atoms with Gasteiger partial charge in [0.05, 0.1) is 20.3 Å². The van der Waals surface area contributed by atoms with Gasteiger partial charge in [0.1, 0.15) is 0 Å². The standard InChI is InChI=1S/C16H25NO3S/c1-17-14(11-21-10-13-5-4-8-20-13)12-6-7-15(18-2)16(9-12)19-3/h6-7,9,13-14,17H,4-5,8,10-11H2,1-3H3. The van der Waals surface area contributed by atoms with Crippen molar-refractivity contribution in [2.24, 2.45) is 0 Å². The highest BCUT2D eigenvalue weighted by atomic mass is 32.2. The molecule has 21 heavy (non-hydrogen) atoms. The average Bonchev–Trinajstić information content (AvgIpc) is 3.04. The van der Waals surface area contributed by atoms with Crippen LogP contribution in [0.15, 0.2) is 18.2 Å². The van der Waals surface area contributed by atoms with Crippen LogP contribution in [-0.2, 0) is 4.74 Å². The molecule has 2 rings (SSSR count). The zero-order chi connectivity index (χ0) is 15.1. The van der Waals surface area contributed by atoms with Crippen LogP contribution in [0.25, 0.3) is 0 Å². The van der Waals surface area contributed by atoms with Gasteiger partial charge in [-0.25, -0.2) is 0 Å². The van der Waals surface area contributed by atoms with Crippen molar-refractivity contribution in [1.29, 1.82) is 0 Å². The molecule has 118 valence electrons. The molecule has 0 aliphatic carbocycles. The lowest BCUT2D eigenvalue weighted by Crippen LogP contribution is -2.20. The van der Waals surface area contributed by atoms with E-state index in [1.807, 2.05) is 30.9 Å². The van der Waals surface area contributed by atoms with Gasteiger partial charge in [0.25, 0.3) is 0 Å². The maximum atomic E-state index is 5.66. The Morgan fingerprint density at radius 3 is 2.76 bits per heavy atom. The van der Waals surface area contributed by atoms with E-state index in [1.165, 1.54) is 18.4 Å². The predicted molar refractivity (Wildman–Crippen MR) is 87.6 cm³/mol. The van der Waals surface area contributed by atoms with Crippen molar-refractivity contribution in [2.75, 3.05) is 39.4 Å². The molecule has 1 aromatic carbocycles. The van der Waals surface area contributed by atoms with E-state index in [-0.39, 0.29) is 0 Å². The van der Waals surface area contributed by atoms with E-state index in [1.54, 1.807) is 14.2 Å². The molecule has 1 saturated heterocycles. The van der Waals surface area contributed by atoms with E-state index in [2.05, 4.69) is 11.4 Å². The molecule has 1 aliphatic rings. The Hall–Kier alpha value is -0.910. The molecule has 1 aliphatic heterocycles. The number of nitrogens with one attached hydrogen (secondary N) is 1. The first kappa shape index (κ1) is 16.5. The summed E-state index contributed by atoms with van der Waals surface area (Å²) in [7, 11) is 5.32. The van der Waals surface area contributed by atoms with E-state index >= 15 is 0 Å². The monoisotopic (exact) mass is 311 g/mol. The van der Waals surface area contributed by atoms with E-state index in [4.69, 9.17) is 14.2 Å². The third-order valence-electron chi connectivity index (χ3n) is 3.77. The topological polar surface area (TPSA) is 39.7 Å². The van der Waals surface area contributed by atoms with Crippen LogP contribution in [0.4, 0.5) is 0 Å². The summed E-state index contributed by atoms with van der Waals surface area (Å²) in [4.78, 5) is 0. The second kappa shape index (κ2) is 8.51. The van der Waals surface area contributed by atoms with Gasteiger partial charge >= 0.3 is 0 Å². The summed E-state index contributed by atoms with van der Waals surface area (Å²) in [5.41, 5.74) is 1.22. The van der Waals surface area contributed by atoms with Gasteiger partial charge < -0.3 is 19.5 Å². The largest absolute Gasteiger partial charge is 0.493 e. The Kier molecular flexibility index (Phi) is 6.67. The maximum Gasteiger partial charge on any atom is 0.161 e. The molecule has 0 saturated carbocycles. The first-order valence-electron chi connectivity index (χ1n) is 7.37. The SMILES string of the molecule is CNC(CSCC1CCCO1)c1ccc(OC)c(OC)c1. The summed E-state index contributed by atoms with van der Waals surface area (Å²) < 4.78 is 16.3. The number of benzene rings is 1. The van der Waals surface area contributed by atoms with Gasteiger partial charge in [-0.05, 0) is 37.6 Å². The molecule has 0 radical (unpaired) electrons. The first-order valence-corrected chi connectivity index (χ1v) is 8.52. The Morgan fingerprint density at radius 2 is 2.14 bits per heavy atom. The van der Waals surface area contributed by atoms with E-state index in [0.29, 0.717) is 12.1 Å². The summed E-state index contributed by atoms with van der Waals surface area (Å²) >= 11 is 1.94. The fraction of sp³-hybridized carbons (Fsp3) is 0.625. The fourth-order valence-corrected chi connectivity index (χ4v) is 3.77. The van der Waals surface area contributed by atoms with Gasteiger partial charge in [-0.1, -0.05) is 6.07 Å². The molecule has 1 N–H and O–H groups in total. The summed E-state index contributed by atoms with van der Waals surface area (Å²) in [6.45, 7) is 0.927. The number of thioether (sulfide) groups is 1. The number of rotatable bonds is 8. The maximum absolute atomic E-state index is 5.66. The van der Waals surface area contributed by atoms with Crippen molar-refractivity contribution in [3.63, 3.8) is 0 Å². The minimum Gasteiger partial charge on any atom is -0.493 e. The second-order valence-electron chi connectivity index (χ2n) is 5.13. The molecule has 2 atom stereocenters. The third kappa shape index (κ3) is 4.53. The van der Waals surface area contributed by atoms with Gasteiger partial charge in [0.15, 0.2) is 11.5 Å². The smallest absolute Gasteiger partial charge is 0.161 e. The van der Waals surface area contributed by atoms with Gasteiger partial charge in [0.2, 0.25) is 0 Å². The summed E-state index contributed by atoms with van der Waals surface area (Å²) in [5.74, 6) is 3.64. The summed E-state index contributed by atoms with van der Waals surface area (Å²) in [6.07, 6.45) is 2.85. The molecule has 2 unspecified atom stereocenters. The Labute approximate surface area is 131 Å². The van der Waals surface area contributed by atoms with Crippen LogP contribution in [0.5, 0.6) is 11.5 Å². The van der Waals surface area contributed by atoms with Crippen molar-refractivity contribution >= 4 is 11.8 Å². The first-order chi connectivity index (χ1) is 10.3. The molecule has 1 aromatic rings. The second-order valence-corrected chi connectivity index (χ2v) is 6.20. The molecule has 0 amide bonds. The molecule has 4 nitrogen and oxygen atoms in total. The van der Waals surface area contributed by atoms with Crippen molar-refractivity contribution in [1.82, 2.24) is 5.32 Å². The highest BCUT2D eigenvalue weighted by Crippen LogP contribution is 2.31. The van der Waals surface area contributed by atoms with Crippen molar-refractivity contribution in [2.45, 2.75) is 25.0 Å². The van der Waals surface area contributed by atoms with Crippen LogP contribution in [0.1, 0.15) is 24.4 Å². The Bertz CT molecular complexity index is 436. The third-order valence-corrected chi connectivity index (χ3v) is 4.95. The van der Waals surface area contributed by atoms with Crippen LogP contribution in [0, 0.1) is 0 Å². The van der Waals surface area contributed by atoms with Crippen LogP contribution in [0.3, 0.4) is 0 Å². The van der Waals surface area contributed by atoms with Gasteiger partial charge in [-0.15, -0.1) is 0 Å². The van der Waals surface area contributed by atoms with E-state index in [9.17, 15) is 0 Å². The molecule has 0 aromatic heterocycles. The van der Waals surface area contributed by atoms with Crippen molar-refractivity contribution < 1.29 is 14.2 Å². The highest BCUT2D eigenvalue weighted by molar-refractivity contribution is 7.99. The number of hydrogen-bond donors (Lipinski definition) is 1. The van der Waals surface area contributed by atoms with Crippen LogP contribution >= 0.6 is 11.8 Å². The molecule has 0 spiro atoms. The van der Waals surface area contributed by atoms with Gasteiger partial charge in [0, 0.05) is 24.2 Å². The fourth-order valence-electron chi connectivity index (χ4n) is 2.51. The highest BCUT2D eigenvalue weighted by Gasteiger charge is 2.17. The van der Waals surface area contributed by atoms with Crippen molar-refractivity contribution in [3.05, 3.63) is 23.8 Å². The number of methoxy groups -OCH3 is 2. The summed E-state index contributed by atoms with van der Waals surface area (Å²) in [5, 5.41) is 3.37. The molecule has 1 fully saturated rings. The molecular formula is C16H25NO3S. The molecule has 0 bridgehead atoms. The van der Waals surface area contributed by atoms with Crippen LogP contribution in [0.2, 0.25) is 0 Å². The minimum absolute atomic E-state index is 0.302. The normalized spacial score (nSPS) is 19.5. The van der Waals surface area contributed by atoms with Crippen LogP contribution in [-0.4, -0.2) is 45.5 Å². The minimum atomic E-state index is 0.302. The molecular weight excluding hydrogens is 286 g/mol. The molecule has 1 heterocycles. The Balaban J connectivity index is 1.92. The lowest BCUT2D eigenvalue weighted by molar-refractivity contribution is 0.129. The van der Waals surface area contributed by atoms with E-state index < -0.39 is 0 Å². The lowest BCUT2D eigenvalue weighted by Gasteiger charge is -2.19. The Morgan fingerprint density at radius 1 is 1.33 bits per heavy atom. The van der Waals surface area contributed by atoms with Gasteiger partial charge in [-0.3, -0.25) is 0 Å². The quantitative estimate of drug-likeness (QED) is 0.799. The number of ether oxygens (including phenoxy) is 3. The predicted octanol–water partition coefficient (Wildman–Crippen LogP) is 2.88. The lowest BCUT2D eigenvalue weighted by atomic mass is 10.1. The zero-order valence-electron chi connectivity index (χ0n) is 13.1. The zero-order valence-corrected chi connectivity index (χ0v) is 13.9. The van der Waals surface area contributed by atoms with E-state index in [0.717, 1.165) is 29.6 Å². The average molecular weight is 311 g/mol. The van der Waals surface area contributed by atoms with Crippen molar-refractivity contribution in [3.8, 4) is 11.5 Å². The molecule has 5 heteroatoms. The number of hydrogen-bond acceptors (Lipinski definition) is 5.